The molecule has 1 heterocycles. The Kier molecular flexibility index (Phi) is 5.37. The summed E-state index contributed by atoms with van der Waals surface area (Å²) in [5.74, 6) is -0.0838. The Morgan fingerprint density at radius 3 is 2.62 bits per heavy atom. The molecule has 1 aromatic heterocycles. The molecule has 3 rings (SSSR count). The second kappa shape index (κ2) is 7.70. The molecule has 0 bridgehead atoms. The molecule has 0 aliphatic carbocycles. The fourth-order valence-electron chi connectivity index (χ4n) is 2.61. The van der Waals surface area contributed by atoms with Crippen molar-refractivity contribution in [3.05, 3.63) is 59.2 Å². The second-order valence-electron chi connectivity index (χ2n) is 6.23. The first kappa shape index (κ1) is 18.1. The van der Waals surface area contributed by atoms with Crippen molar-refractivity contribution in [2.24, 2.45) is 0 Å². The predicted octanol–water partition coefficient (Wildman–Crippen LogP) is 3.71. The third kappa shape index (κ3) is 3.94. The zero-order chi connectivity index (χ0) is 18.7. The molecule has 0 fully saturated rings. The number of hydrogen-bond donors (Lipinski definition) is 1. The zero-order valence-electron chi connectivity index (χ0n) is 15.2. The fourth-order valence-corrected chi connectivity index (χ4v) is 3.41. The first-order valence-electron chi connectivity index (χ1n) is 8.35. The molecular formula is C19H21N5OS. The van der Waals surface area contributed by atoms with Gasteiger partial charge in [0.1, 0.15) is 0 Å². The lowest BCUT2D eigenvalue weighted by molar-refractivity contribution is -0.115. The second-order valence-corrected chi connectivity index (χ2v) is 7.54. The quantitative estimate of drug-likeness (QED) is 0.696. The van der Waals surface area contributed by atoms with Crippen molar-refractivity contribution in [2.75, 3.05) is 5.32 Å². The number of para-hydroxylation sites is 1. The molecule has 134 valence electrons. The van der Waals surface area contributed by atoms with Gasteiger partial charge in [-0.2, -0.15) is 4.68 Å². The van der Waals surface area contributed by atoms with Gasteiger partial charge in [-0.05, 0) is 61.4 Å². The molecule has 0 unspecified atom stereocenters. The summed E-state index contributed by atoms with van der Waals surface area (Å²) >= 11 is 1.33. The number of aromatic nitrogens is 4. The van der Waals surface area contributed by atoms with Crippen molar-refractivity contribution in [1.29, 1.82) is 0 Å². The lowest BCUT2D eigenvalue weighted by atomic mass is 10.1. The number of carbonyl (C=O) groups excluding carboxylic acids is 1. The van der Waals surface area contributed by atoms with Crippen LogP contribution in [0.1, 0.15) is 23.6 Å². The van der Waals surface area contributed by atoms with Gasteiger partial charge in [-0.15, -0.1) is 5.10 Å². The standard InChI is InChI=1S/C19H21N5OS/c1-12-9-10-17(14(3)11-12)24-19(21-22-23-24)26-15(4)18(25)20-16-8-6-5-7-13(16)2/h5-11,15H,1-4H3,(H,20,25)/t15-/m1/s1. The number of rotatable bonds is 5. The number of amides is 1. The van der Waals surface area contributed by atoms with Crippen LogP contribution in [0.3, 0.4) is 0 Å². The fraction of sp³-hybridized carbons (Fsp3) is 0.263. The van der Waals surface area contributed by atoms with Gasteiger partial charge in [0.05, 0.1) is 10.9 Å². The smallest absolute Gasteiger partial charge is 0.237 e. The maximum atomic E-state index is 12.5. The van der Waals surface area contributed by atoms with Gasteiger partial charge in [0.25, 0.3) is 0 Å². The minimum atomic E-state index is -0.342. The van der Waals surface area contributed by atoms with Crippen LogP contribution in [-0.2, 0) is 4.79 Å². The number of nitrogens with one attached hydrogen (secondary N) is 1. The average molecular weight is 367 g/mol. The average Bonchev–Trinajstić information content (AvgIpc) is 3.04. The summed E-state index contributed by atoms with van der Waals surface area (Å²) in [6.07, 6.45) is 0. The number of thioether (sulfide) groups is 1. The largest absolute Gasteiger partial charge is 0.325 e. The van der Waals surface area contributed by atoms with Crippen LogP contribution in [0, 0.1) is 20.8 Å². The van der Waals surface area contributed by atoms with Crippen LogP contribution in [0.4, 0.5) is 5.69 Å². The van der Waals surface area contributed by atoms with Crippen molar-refractivity contribution < 1.29 is 4.79 Å². The van der Waals surface area contributed by atoms with E-state index in [1.54, 1.807) is 4.68 Å². The van der Waals surface area contributed by atoms with E-state index < -0.39 is 0 Å². The maximum Gasteiger partial charge on any atom is 0.237 e. The Hall–Kier alpha value is -2.67. The van der Waals surface area contributed by atoms with E-state index in [1.165, 1.54) is 17.3 Å². The van der Waals surface area contributed by atoms with Gasteiger partial charge < -0.3 is 5.32 Å². The summed E-state index contributed by atoms with van der Waals surface area (Å²) in [4.78, 5) is 12.5. The van der Waals surface area contributed by atoms with E-state index >= 15 is 0 Å². The highest BCUT2D eigenvalue weighted by Crippen LogP contribution is 2.26. The molecule has 1 atom stereocenters. The molecule has 0 saturated carbocycles. The van der Waals surface area contributed by atoms with E-state index in [0.29, 0.717) is 5.16 Å². The zero-order valence-corrected chi connectivity index (χ0v) is 16.0. The van der Waals surface area contributed by atoms with Crippen molar-refractivity contribution in [2.45, 2.75) is 38.1 Å². The molecule has 0 radical (unpaired) electrons. The van der Waals surface area contributed by atoms with Crippen LogP contribution in [0.25, 0.3) is 5.69 Å². The number of nitrogens with zero attached hydrogens (tertiary/aromatic N) is 4. The SMILES string of the molecule is Cc1ccc(-n2nnnc2S[C@H](C)C(=O)Nc2ccccc2C)c(C)c1. The third-order valence-electron chi connectivity index (χ3n) is 4.08. The van der Waals surface area contributed by atoms with Crippen LogP contribution in [0.2, 0.25) is 0 Å². The number of anilines is 1. The van der Waals surface area contributed by atoms with Crippen molar-refractivity contribution in [3.8, 4) is 5.69 Å². The highest BCUT2D eigenvalue weighted by atomic mass is 32.2. The minimum absolute atomic E-state index is 0.0838. The van der Waals surface area contributed by atoms with E-state index in [-0.39, 0.29) is 11.2 Å². The summed E-state index contributed by atoms with van der Waals surface area (Å²) in [5, 5.41) is 15.2. The Labute approximate surface area is 157 Å². The van der Waals surface area contributed by atoms with Gasteiger partial charge in [-0.1, -0.05) is 47.7 Å². The van der Waals surface area contributed by atoms with E-state index in [0.717, 1.165) is 22.5 Å². The Morgan fingerprint density at radius 1 is 1.12 bits per heavy atom. The molecule has 0 spiro atoms. The van der Waals surface area contributed by atoms with Gasteiger partial charge in [-0.3, -0.25) is 4.79 Å². The van der Waals surface area contributed by atoms with Crippen LogP contribution < -0.4 is 5.32 Å². The molecule has 0 aliphatic rings. The van der Waals surface area contributed by atoms with Crippen LogP contribution in [-0.4, -0.2) is 31.4 Å². The number of carbonyl (C=O) groups is 1. The molecule has 6 nitrogen and oxygen atoms in total. The van der Waals surface area contributed by atoms with Crippen molar-refractivity contribution >= 4 is 23.4 Å². The molecule has 1 amide bonds. The number of hydrogen-bond acceptors (Lipinski definition) is 5. The van der Waals surface area contributed by atoms with E-state index in [1.807, 2.05) is 64.1 Å². The first-order valence-corrected chi connectivity index (χ1v) is 9.23. The summed E-state index contributed by atoms with van der Waals surface area (Å²) < 4.78 is 1.68. The van der Waals surface area contributed by atoms with Crippen LogP contribution >= 0.6 is 11.8 Å². The van der Waals surface area contributed by atoms with Crippen LogP contribution in [0.15, 0.2) is 47.6 Å². The minimum Gasteiger partial charge on any atom is -0.325 e. The molecule has 0 saturated heterocycles. The van der Waals surface area contributed by atoms with Gasteiger partial charge in [0.2, 0.25) is 11.1 Å². The predicted molar refractivity (Wildman–Crippen MR) is 104 cm³/mol. The van der Waals surface area contributed by atoms with Crippen LogP contribution in [0.5, 0.6) is 0 Å². The molecule has 0 aliphatic heterocycles. The molecular weight excluding hydrogens is 346 g/mol. The summed E-state index contributed by atoms with van der Waals surface area (Å²) in [7, 11) is 0. The summed E-state index contributed by atoms with van der Waals surface area (Å²) in [5.41, 5.74) is 5.02. The molecule has 3 aromatic rings. The molecule has 1 N–H and O–H groups in total. The Balaban J connectivity index is 1.76. The molecule has 2 aromatic carbocycles. The Morgan fingerprint density at radius 2 is 1.88 bits per heavy atom. The number of benzene rings is 2. The van der Waals surface area contributed by atoms with E-state index in [2.05, 4.69) is 26.9 Å². The number of aryl methyl sites for hydroxylation is 3. The summed E-state index contributed by atoms with van der Waals surface area (Å²) in [6, 6.07) is 13.8. The van der Waals surface area contributed by atoms with Gasteiger partial charge in [-0.25, -0.2) is 0 Å². The highest BCUT2D eigenvalue weighted by Gasteiger charge is 2.20. The molecule has 26 heavy (non-hydrogen) atoms. The molecule has 7 heteroatoms. The van der Waals surface area contributed by atoms with Crippen molar-refractivity contribution in [3.63, 3.8) is 0 Å². The lowest BCUT2D eigenvalue weighted by Gasteiger charge is -2.13. The van der Waals surface area contributed by atoms with Gasteiger partial charge >= 0.3 is 0 Å². The number of tetrazole rings is 1. The topological polar surface area (TPSA) is 72.7 Å². The Bertz CT molecular complexity index is 937. The van der Waals surface area contributed by atoms with Gasteiger partial charge in [0.15, 0.2) is 0 Å². The third-order valence-corrected chi connectivity index (χ3v) is 5.11. The monoisotopic (exact) mass is 367 g/mol. The lowest BCUT2D eigenvalue weighted by Crippen LogP contribution is -2.23. The maximum absolute atomic E-state index is 12.5. The normalized spacial score (nSPS) is 12.0. The van der Waals surface area contributed by atoms with E-state index in [9.17, 15) is 4.79 Å². The summed E-state index contributed by atoms with van der Waals surface area (Å²) in [6.45, 7) is 7.88. The van der Waals surface area contributed by atoms with Gasteiger partial charge in [0, 0.05) is 5.69 Å². The first-order chi connectivity index (χ1) is 12.5. The van der Waals surface area contributed by atoms with E-state index in [4.69, 9.17) is 0 Å². The van der Waals surface area contributed by atoms with Crippen molar-refractivity contribution in [1.82, 2.24) is 20.2 Å². The highest BCUT2D eigenvalue weighted by molar-refractivity contribution is 8.00.